The summed E-state index contributed by atoms with van der Waals surface area (Å²) in [6.07, 6.45) is 1.78. The first kappa shape index (κ1) is 15.2. The van der Waals surface area contributed by atoms with Crippen LogP contribution in [0.1, 0.15) is 20.3 Å². The summed E-state index contributed by atoms with van der Waals surface area (Å²) in [5.74, 6) is 0. The van der Waals surface area contributed by atoms with Crippen LogP contribution in [0.4, 0.5) is 0 Å². The zero-order valence-electron chi connectivity index (χ0n) is 12.4. The van der Waals surface area contributed by atoms with Crippen molar-refractivity contribution in [3.63, 3.8) is 0 Å². The van der Waals surface area contributed by atoms with Gasteiger partial charge in [0.2, 0.25) is 0 Å². The van der Waals surface area contributed by atoms with Gasteiger partial charge in [-0.3, -0.25) is 4.90 Å². The number of morpholine rings is 1. The number of nitrogens with one attached hydrogen (secondary N) is 1. The fraction of sp³-hybridized carbons (Fsp3) is 1.00. The fourth-order valence-corrected chi connectivity index (χ4v) is 2.95. The second-order valence-electron chi connectivity index (χ2n) is 5.33. The summed E-state index contributed by atoms with van der Waals surface area (Å²) in [5.41, 5.74) is 0. The average Bonchev–Trinajstić information content (AvgIpc) is 2.42. The van der Waals surface area contributed by atoms with Gasteiger partial charge in [-0.1, -0.05) is 6.92 Å². The van der Waals surface area contributed by atoms with Gasteiger partial charge >= 0.3 is 0 Å². The number of nitrogens with zero attached hydrogens (tertiary/aromatic N) is 1. The van der Waals surface area contributed by atoms with E-state index >= 15 is 0 Å². The molecule has 1 aliphatic heterocycles. The molecule has 5 nitrogen and oxygen atoms in total. The van der Waals surface area contributed by atoms with Gasteiger partial charge in [-0.15, -0.1) is 0 Å². The lowest BCUT2D eigenvalue weighted by Crippen LogP contribution is -2.61. The van der Waals surface area contributed by atoms with Gasteiger partial charge in [0.25, 0.3) is 0 Å². The lowest BCUT2D eigenvalue weighted by Gasteiger charge is -2.44. The molecule has 0 spiro atoms. The van der Waals surface area contributed by atoms with E-state index in [1.54, 1.807) is 7.11 Å². The third-order valence-electron chi connectivity index (χ3n) is 4.18. The lowest BCUT2D eigenvalue weighted by atomic mass is 9.85. The fourth-order valence-electron chi connectivity index (χ4n) is 2.95. The number of rotatable bonds is 7. The number of hydrogen-bond acceptors (Lipinski definition) is 5. The van der Waals surface area contributed by atoms with Crippen molar-refractivity contribution < 1.29 is 14.2 Å². The second-order valence-corrected chi connectivity index (χ2v) is 5.33. The summed E-state index contributed by atoms with van der Waals surface area (Å²) < 4.78 is 16.9. The highest BCUT2D eigenvalue weighted by molar-refractivity contribution is 4.97. The standard InChI is InChI=1S/C14H28N2O3/c1-4-16-6-7-19-11(10-16)9-15-12-8-13(18-5-2)14(12)17-3/h11-15H,4-10H2,1-3H3. The predicted octanol–water partition coefficient (Wildman–Crippen LogP) is 0.489. The van der Waals surface area contributed by atoms with Crippen LogP contribution >= 0.6 is 0 Å². The van der Waals surface area contributed by atoms with E-state index in [0.717, 1.165) is 45.8 Å². The molecule has 2 rings (SSSR count). The van der Waals surface area contributed by atoms with Gasteiger partial charge in [0.15, 0.2) is 0 Å². The minimum absolute atomic E-state index is 0.186. The van der Waals surface area contributed by atoms with Crippen LogP contribution < -0.4 is 5.32 Å². The van der Waals surface area contributed by atoms with Crippen molar-refractivity contribution in [3.05, 3.63) is 0 Å². The summed E-state index contributed by atoms with van der Waals surface area (Å²) in [5, 5.41) is 3.57. The maximum Gasteiger partial charge on any atom is 0.0986 e. The first-order chi connectivity index (χ1) is 9.28. The topological polar surface area (TPSA) is 43.0 Å². The second kappa shape index (κ2) is 7.55. The number of hydrogen-bond donors (Lipinski definition) is 1. The molecule has 1 aliphatic carbocycles. The van der Waals surface area contributed by atoms with Crippen molar-refractivity contribution in [1.29, 1.82) is 0 Å². The van der Waals surface area contributed by atoms with Gasteiger partial charge in [-0.2, -0.15) is 0 Å². The monoisotopic (exact) mass is 272 g/mol. The molecule has 19 heavy (non-hydrogen) atoms. The van der Waals surface area contributed by atoms with E-state index < -0.39 is 0 Å². The maximum absolute atomic E-state index is 5.80. The summed E-state index contributed by atoms with van der Waals surface area (Å²) in [6, 6.07) is 0.405. The Bertz CT molecular complexity index is 265. The molecule has 0 radical (unpaired) electrons. The average molecular weight is 272 g/mol. The first-order valence-corrected chi connectivity index (χ1v) is 7.50. The molecule has 5 heteroatoms. The Balaban J connectivity index is 1.68. The molecule has 1 N–H and O–H groups in total. The molecule has 112 valence electrons. The van der Waals surface area contributed by atoms with E-state index in [2.05, 4.69) is 17.1 Å². The van der Waals surface area contributed by atoms with E-state index in [1.807, 2.05) is 6.92 Å². The Kier molecular flexibility index (Phi) is 6.04. The van der Waals surface area contributed by atoms with E-state index in [1.165, 1.54) is 0 Å². The van der Waals surface area contributed by atoms with Gasteiger partial charge in [-0.25, -0.2) is 0 Å². The van der Waals surface area contributed by atoms with Crippen molar-refractivity contribution in [2.24, 2.45) is 0 Å². The Hall–Kier alpha value is -0.200. The van der Waals surface area contributed by atoms with Crippen molar-refractivity contribution in [1.82, 2.24) is 10.2 Å². The van der Waals surface area contributed by atoms with Gasteiger partial charge in [0, 0.05) is 39.4 Å². The minimum atomic E-state index is 0.186. The van der Waals surface area contributed by atoms with Crippen LogP contribution in [0.2, 0.25) is 0 Å². The third-order valence-corrected chi connectivity index (χ3v) is 4.18. The molecule has 4 unspecified atom stereocenters. The molecule has 0 aromatic rings. The first-order valence-electron chi connectivity index (χ1n) is 7.50. The van der Waals surface area contributed by atoms with Crippen LogP contribution in [0.5, 0.6) is 0 Å². The zero-order chi connectivity index (χ0) is 13.7. The number of ether oxygens (including phenoxy) is 3. The number of methoxy groups -OCH3 is 1. The Morgan fingerprint density at radius 1 is 1.37 bits per heavy atom. The summed E-state index contributed by atoms with van der Waals surface area (Å²) in [4.78, 5) is 2.44. The van der Waals surface area contributed by atoms with E-state index in [-0.39, 0.29) is 12.2 Å². The number of likely N-dealkylation sites (N-methyl/N-ethyl adjacent to an activating group) is 1. The molecule has 4 atom stereocenters. The Morgan fingerprint density at radius 3 is 2.89 bits per heavy atom. The van der Waals surface area contributed by atoms with E-state index in [9.17, 15) is 0 Å². The SMILES string of the molecule is CCOC1CC(NCC2CN(CC)CCO2)C1OC. The van der Waals surface area contributed by atoms with Gasteiger partial charge < -0.3 is 19.5 Å². The van der Waals surface area contributed by atoms with Crippen molar-refractivity contribution in [2.45, 2.75) is 44.6 Å². The summed E-state index contributed by atoms with van der Waals surface area (Å²) in [6.45, 7) is 9.94. The summed E-state index contributed by atoms with van der Waals surface area (Å²) >= 11 is 0. The lowest BCUT2D eigenvalue weighted by molar-refractivity contribution is -0.134. The molecule has 1 heterocycles. The van der Waals surface area contributed by atoms with Crippen LogP contribution in [-0.2, 0) is 14.2 Å². The largest absolute Gasteiger partial charge is 0.377 e. The Morgan fingerprint density at radius 2 is 2.21 bits per heavy atom. The van der Waals surface area contributed by atoms with Crippen LogP contribution in [0.3, 0.4) is 0 Å². The predicted molar refractivity (Wildman–Crippen MR) is 74.5 cm³/mol. The quantitative estimate of drug-likeness (QED) is 0.730. The van der Waals surface area contributed by atoms with Crippen molar-refractivity contribution >= 4 is 0 Å². The molecule has 2 aliphatic rings. The van der Waals surface area contributed by atoms with Gasteiger partial charge in [-0.05, 0) is 19.9 Å². The smallest absolute Gasteiger partial charge is 0.0986 e. The molecular weight excluding hydrogens is 244 g/mol. The normalized spacial score (nSPS) is 36.2. The van der Waals surface area contributed by atoms with Crippen LogP contribution in [0.25, 0.3) is 0 Å². The third kappa shape index (κ3) is 3.89. The zero-order valence-corrected chi connectivity index (χ0v) is 12.4. The highest BCUT2D eigenvalue weighted by Gasteiger charge is 2.42. The van der Waals surface area contributed by atoms with Crippen molar-refractivity contribution in [3.8, 4) is 0 Å². The summed E-state index contributed by atoms with van der Waals surface area (Å²) in [7, 11) is 1.76. The van der Waals surface area contributed by atoms with Crippen molar-refractivity contribution in [2.75, 3.05) is 46.5 Å². The minimum Gasteiger partial charge on any atom is -0.377 e. The van der Waals surface area contributed by atoms with Gasteiger partial charge in [0.05, 0.1) is 24.9 Å². The van der Waals surface area contributed by atoms with Crippen LogP contribution in [0, 0.1) is 0 Å². The van der Waals surface area contributed by atoms with Crippen LogP contribution in [0.15, 0.2) is 0 Å². The molecule has 1 saturated heterocycles. The molecular formula is C14H28N2O3. The van der Waals surface area contributed by atoms with E-state index in [0.29, 0.717) is 12.1 Å². The molecule has 2 fully saturated rings. The maximum atomic E-state index is 5.80. The van der Waals surface area contributed by atoms with E-state index in [4.69, 9.17) is 14.2 Å². The molecule has 1 saturated carbocycles. The molecule has 0 aromatic carbocycles. The van der Waals surface area contributed by atoms with Gasteiger partial charge in [0.1, 0.15) is 0 Å². The van der Waals surface area contributed by atoms with Crippen LogP contribution in [-0.4, -0.2) is 75.8 Å². The molecule has 0 aromatic heterocycles. The molecule has 0 amide bonds. The highest BCUT2D eigenvalue weighted by atomic mass is 16.5. The Labute approximate surface area is 116 Å². The molecule has 0 bridgehead atoms. The highest BCUT2D eigenvalue weighted by Crippen LogP contribution is 2.26.